The third-order valence-electron chi connectivity index (χ3n) is 5.81. The van der Waals surface area contributed by atoms with Crippen molar-refractivity contribution in [2.75, 3.05) is 32.1 Å². The van der Waals surface area contributed by atoms with Crippen LogP contribution in [0.2, 0.25) is 0 Å². The first-order chi connectivity index (χ1) is 16.1. The topological polar surface area (TPSA) is 106 Å². The highest BCUT2D eigenvalue weighted by Gasteiger charge is 2.38. The zero-order valence-corrected chi connectivity index (χ0v) is 18.8. The molecule has 182 valence electrons. The van der Waals surface area contributed by atoms with Crippen molar-refractivity contribution in [1.29, 1.82) is 0 Å². The van der Waals surface area contributed by atoms with Gasteiger partial charge in [-0.25, -0.2) is 4.79 Å². The molecule has 0 N–H and O–H groups in total. The van der Waals surface area contributed by atoms with Crippen molar-refractivity contribution < 1.29 is 31.9 Å². The minimum Gasteiger partial charge on any atom is -0.465 e. The van der Waals surface area contributed by atoms with Gasteiger partial charge in [-0.05, 0) is 38.0 Å². The Morgan fingerprint density at radius 2 is 1.94 bits per heavy atom. The molecule has 0 aliphatic carbocycles. The maximum Gasteiger partial charge on any atom is 0.453 e. The van der Waals surface area contributed by atoms with Crippen molar-refractivity contribution in [2.24, 2.45) is 5.92 Å². The Morgan fingerprint density at radius 3 is 2.59 bits per heavy atom. The van der Waals surface area contributed by atoms with Gasteiger partial charge < -0.3 is 19.0 Å². The summed E-state index contributed by atoms with van der Waals surface area (Å²) in [5.41, 5.74) is 0.323. The van der Waals surface area contributed by atoms with Crippen LogP contribution >= 0.6 is 0 Å². The maximum absolute atomic E-state index is 13.1. The number of halogens is 3. The van der Waals surface area contributed by atoms with Gasteiger partial charge in [-0.2, -0.15) is 17.7 Å². The van der Waals surface area contributed by atoms with Gasteiger partial charge in [0.1, 0.15) is 22.9 Å². The monoisotopic (exact) mass is 480 g/mol. The molecule has 1 fully saturated rings. The summed E-state index contributed by atoms with van der Waals surface area (Å²) in [7, 11) is 2.94. The lowest BCUT2D eigenvalue weighted by Gasteiger charge is -2.33. The van der Waals surface area contributed by atoms with E-state index in [2.05, 4.69) is 15.3 Å². The van der Waals surface area contributed by atoms with E-state index in [0.717, 1.165) is 0 Å². The van der Waals surface area contributed by atoms with Gasteiger partial charge in [0.25, 0.3) is 5.82 Å². The Morgan fingerprint density at radius 1 is 1.24 bits per heavy atom. The van der Waals surface area contributed by atoms with Crippen molar-refractivity contribution in [3.8, 4) is 0 Å². The number of hydrogen-bond donors (Lipinski definition) is 0. The number of carbonyl (C=O) groups excluding carboxylic acids is 2. The number of anilines is 1. The van der Waals surface area contributed by atoms with Crippen LogP contribution in [0.5, 0.6) is 0 Å². The molecule has 3 aromatic rings. The summed E-state index contributed by atoms with van der Waals surface area (Å²) in [6.07, 6.45) is -3.64. The molecule has 3 aromatic heterocycles. The van der Waals surface area contributed by atoms with Gasteiger partial charge in [0.05, 0.1) is 13.7 Å². The second-order valence-electron chi connectivity index (χ2n) is 8.11. The van der Waals surface area contributed by atoms with Crippen molar-refractivity contribution in [1.82, 2.24) is 24.7 Å². The molecular weight excluding hydrogens is 457 g/mol. The molecule has 1 saturated heterocycles. The SMILES string of the molecule is COC(=O)c1cc(CN(C)C(=O)C2CCN(c3ccc4nnc(C(F)(F)F)n4n3)CC2)oc1C. The smallest absolute Gasteiger partial charge is 0.453 e. The molecule has 0 bridgehead atoms. The van der Waals surface area contributed by atoms with Gasteiger partial charge in [0.15, 0.2) is 5.65 Å². The number of hydrogen-bond acceptors (Lipinski definition) is 8. The molecule has 13 heteroatoms. The first-order valence-electron chi connectivity index (χ1n) is 10.6. The zero-order valence-electron chi connectivity index (χ0n) is 18.8. The van der Waals surface area contributed by atoms with Crippen LogP contribution in [0.4, 0.5) is 19.0 Å². The van der Waals surface area contributed by atoms with Crippen LogP contribution in [0.1, 0.15) is 40.5 Å². The predicted molar refractivity (Wildman–Crippen MR) is 112 cm³/mol. The Balaban J connectivity index is 1.39. The minimum absolute atomic E-state index is 0.00582. The lowest BCUT2D eigenvalue weighted by Crippen LogP contribution is -2.41. The van der Waals surface area contributed by atoms with Gasteiger partial charge in [0, 0.05) is 26.1 Å². The van der Waals surface area contributed by atoms with E-state index in [0.29, 0.717) is 53.3 Å². The van der Waals surface area contributed by atoms with Crippen molar-refractivity contribution in [3.63, 3.8) is 0 Å². The van der Waals surface area contributed by atoms with Crippen LogP contribution in [-0.4, -0.2) is 63.8 Å². The number of furan rings is 1. The Labute approximate surface area is 192 Å². The molecule has 0 radical (unpaired) electrons. The number of methoxy groups -OCH3 is 1. The van der Waals surface area contributed by atoms with Crippen molar-refractivity contribution in [2.45, 2.75) is 32.5 Å². The molecule has 4 heterocycles. The van der Waals surface area contributed by atoms with E-state index in [9.17, 15) is 22.8 Å². The molecule has 0 spiro atoms. The number of alkyl halides is 3. The van der Waals surface area contributed by atoms with Crippen LogP contribution < -0.4 is 4.90 Å². The number of nitrogens with zero attached hydrogens (tertiary/aromatic N) is 6. The fourth-order valence-corrected chi connectivity index (χ4v) is 4.04. The minimum atomic E-state index is -4.67. The second-order valence-corrected chi connectivity index (χ2v) is 8.11. The number of piperidine rings is 1. The van der Waals surface area contributed by atoms with Crippen LogP contribution in [0, 0.1) is 12.8 Å². The standard InChI is InChI=1S/C21H23F3N6O4/c1-12-15(19(32)33-3)10-14(34-12)11-28(2)18(31)13-6-8-29(9-7-13)17-5-4-16-25-26-20(21(22,23)24)30(16)27-17/h4-5,10,13H,6-9,11H2,1-3H3. The molecule has 4 rings (SSSR count). The predicted octanol–water partition coefficient (Wildman–Crippen LogP) is 2.71. The van der Waals surface area contributed by atoms with E-state index < -0.39 is 18.0 Å². The normalized spacial score (nSPS) is 15.1. The van der Waals surface area contributed by atoms with E-state index in [1.54, 1.807) is 26.1 Å². The number of esters is 1. The van der Waals surface area contributed by atoms with Crippen LogP contribution in [0.15, 0.2) is 22.6 Å². The average molecular weight is 480 g/mol. The average Bonchev–Trinajstić information content (AvgIpc) is 3.40. The molecule has 34 heavy (non-hydrogen) atoms. The molecule has 1 aliphatic heterocycles. The fraction of sp³-hybridized carbons (Fsp3) is 0.476. The summed E-state index contributed by atoms with van der Waals surface area (Å²) in [5.74, 6) is -0.760. The molecule has 0 saturated carbocycles. The summed E-state index contributed by atoms with van der Waals surface area (Å²) >= 11 is 0. The third-order valence-corrected chi connectivity index (χ3v) is 5.81. The number of carbonyl (C=O) groups is 2. The van der Waals surface area contributed by atoms with E-state index in [1.165, 1.54) is 18.1 Å². The van der Waals surface area contributed by atoms with Gasteiger partial charge in [-0.3, -0.25) is 4.79 Å². The number of rotatable bonds is 5. The number of fused-ring (bicyclic) bond motifs is 1. The summed E-state index contributed by atoms with van der Waals surface area (Å²) in [4.78, 5) is 28.1. The van der Waals surface area contributed by atoms with Crippen LogP contribution in [0.25, 0.3) is 5.65 Å². The lowest BCUT2D eigenvalue weighted by molar-refractivity contribution is -0.146. The van der Waals surface area contributed by atoms with Gasteiger partial charge in [0.2, 0.25) is 5.91 Å². The highest BCUT2D eigenvalue weighted by Crippen LogP contribution is 2.29. The molecule has 0 unspecified atom stereocenters. The van der Waals surface area contributed by atoms with Crippen LogP contribution in [0.3, 0.4) is 0 Å². The van der Waals surface area contributed by atoms with E-state index in [4.69, 9.17) is 9.15 Å². The number of aryl methyl sites for hydroxylation is 1. The number of amides is 1. The zero-order chi connectivity index (χ0) is 24.6. The largest absolute Gasteiger partial charge is 0.465 e. The highest BCUT2D eigenvalue weighted by atomic mass is 19.4. The van der Waals surface area contributed by atoms with Gasteiger partial charge >= 0.3 is 12.1 Å². The maximum atomic E-state index is 13.1. The van der Waals surface area contributed by atoms with Crippen molar-refractivity contribution in [3.05, 3.63) is 41.1 Å². The van der Waals surface area contributed by atoms with E-state index in [-0.39, 0.29) is 24.0 Å². The Kier molecular flexibility index (Phi) is 6.19. The highest BCUT2D eigenvalue weighted by molar-refractivity contribution is 5.90. The van der Waals surface area contributed by atoms with Crippen LogP contribution in [-0.2, 0) is 22.3 Å². The summed E-state index contributed by atoms with van der Waals surface area (Å²) in [6.45, 7) is 2.76. The van der Waals surface area contributed by atoms with Crippen molar-refractivity contribution >= 4 is 23.3 Å². The molecule has 1 aliphatic rings. The number of aromatic nitrogens is 4. The molecular formula is C21H23F3N6O4. The first-order valence-corrected chi connectivity index (χ1v) is 10.6. The molecule has 10 nitrogen and oxygen atoms in total. The third kappa shape index (κ3) is 4.54. The molecule has 0 atom stereocenters. The quantitative estimate of drug-likeness (QED) is 0.514. The van der Waals surface area contributed by atoms with Gasteiger partial charge in [-0.1, -0.05) is 0 Å². The fourth-order valence-electron chi connectivity index (χ4n) is 4.04. The Bertz CT molecular complexity index is 1210. The summed E-state index contributed by atoms with van der Waals surface area (Å²) < 4.78 is 50.4. The molecule has 0 aromatic carbocycles. The summed E-state index contributed by atoms with van der Waals surface area (Å²) in [5, 5.41) is 10.8. The second kappa shape index (κ2) is 8.95. The first kappa shape index (κ1) is 23.5. The number of ether oxygens (including phenoxy) is 1. The summed E-state index contributed by atoms with van der Waals surface area (Å²) in [6, 6.07) is 4.59. The van der Waals surface area contributed by atoms with Gasteiger partial charge in [-0.15, -0.1) is 15.3 Å². The Hall–Kier alpha value is -3.64. The van der Waals surface area contributed by atoms with E-state index in [1.807, 2.05) is 4.90 Å². The van der Waals surface area contributed by atoms with E-state index >= 15 is 0 Å². The molecule has 1 amide bonds. The lowest BCUT2D eigenvalue weighted by atomic mass is 9.95.